The topological polar surface area (TPSA) is 54.4 Å². The molecule has 2 heterocycles. The smallest absolute Gasteiger partial charge is 0.318 e. The number of esters is 1. The van der Waals surface area contributed by atoms with Crippen LogP contribution in [-0.2, 0) is 14.4 Å². The van der Waals surface area contributed by atoms with E-state index in [-0.39, 0.29) is 24.2 Å². The van der Waals surface area contributed by atoms with E-state index in [2.05, 4.69) is 77.6 Å². The summed E-state index contributed by atoms with van der Waals surface area (Å²) in [6.07, 6.45) is -0.720. The molecule has 1 fully saturated rings. The van der Waals surface area contributed by atoms with E-state index in [9.17, 15) is 4.79 Å². The summed E-state index contributed by atoms with van der Waals surface area (Å²) in [6, 6.07) is 30.8. The lowest BCUT2D eigenvalue weighted by Crippen LogP contribution is -2.50. The van der Waals surface area contributed by atoms with E-state index in [0.29, 0.717) is 5.71 Å². The molecule has 0 amide bonds. The molecular formula is C28H29N3O3. The highest BCUT2D eigenvalue weighted by atomic mass is 16.6. The summed E-state index contributed by atoms with van der Waals surface area (Å²) in [5, 5.41) is 4.41. The van der Waals surface area contributed by atoms with Crippen molar-refractivity contribution in [3.63, 3.8) is 0 Å². The molecule has 1 saturated heterocycles. The van der Waals surface area contributed by atoms with E-state index >= 15 is 0 Å². The Labute approximate surface area is 200 Å². The first-order chi connectivity index (χ1) is 16.6. The standard InChI is InChI=1S/C28H29N3O3/c1-30-24(20-15-9-5-10-16-20)25(21-17-11-6-12-18-21)31(2)27(30)26-22(28(32)33-3)23(29-34-26)19-13-7-4-8-14-19/h4-18,22,24-27H,1-3H3/t22-,24+,25+,26-/m1/s1. The molecule has 0 radical (unpaired) electrons. The van der Waals surface area contributed by atoms with Gasteiger partial charge in [0.05, 0.1) is 19.2 Å². The van der Waals surface area contributed by atoms with Crippen LogP contribution in [0.5, 0.6) is 0 Å². The number of carbonyl (C=O) groups is 1. The summed E-state index contributed by atoms with van der Waals surface area (Å²) >= 11 is 0. The highest BCUT2D eigenvalue weighted by Crippen LogP contribution is 2.48. The van der Waals surface area contributed by atoms with Gasteiger partial charge in [0.25, 0.3) is 0 Å². The molecule has 0 saturated carbocycles. The molecule has 3 aromatic rings. The lowest BCUT2D eigenvalue weighted by Gasteiger charge is -2.32. The van der Waals surface area contributed by atoms with Gasteiger partial charge in [0.15, 0.2) is 6.10 Å². The van der Waals surface area contributed by atoms with Gasteiger partial charge in [0.2, 0.25) is 0 Å². The van der Waals surface area contributed by atoms with Crippen LogP contribution in [0.3, 0.4) is 0 Å². The first-order valence-electron chi connectivity index (χ1n) is 11.5. The van der Waals surface area contributed by atoms with Crippen molar-refractivity contribution in [2.24, 2.45) is 11.1 Å². The largest absolute Gasteiger partial charge is 0.468 e. The third-order valence-corrected chi connectivity index (χ3v) is 7.01. The van der Waals surface area contributed by atoms with Crippen LogP contribution in [0.2, 0.25) is 0 Å². The number of ether oxygens (including phenoxy) is 1. The average Bonchev–Trinajstić information content (AvgIpc) is 3.43. The molecule has 174 valence electrons. The molecule has 0 aromatic heterocycles. The Morgan fingerprint density at radius 1 is 0.794 bits per heavy atom. The van der Waals surface area contributed by atoms with Crippen molar-refractivity contribution < 1.29 is 14.4 Å². The Hall–Kier alpha value is -3.48. The first-order valence-corrected chi connectivity index (χ1v) is 11.5. The minimum absolute atomic E-state index is 0.0706. The molecule has 0 aliphatic carbocycles. The van der Waals surface area contributed by atoms with Crippen LogP contribution < -0.4 is 0 Å². The van der Waals surface area contributed by atoms with Crippen LogP contribution in [0.15, 0.2) is 96.2 Å². The molecule has 0 unspecified atom stereocenters. The molecule has 2 aliphatic rings. The van der Waals surface area contributed by atoms with Gasteiger partial charge in [0, 0.05) is 5.56 Å². The maximum Gasteiger partial charge on any atom is 0.318 e. The van der Waals surface area contributed by atoms with E-state index in [1.54, 1.807) is 0 Å². The van der Waals surface area contributed by atoms with Crippen molar-refractivity contribution in [3.05, 3.63) is 108 Å². The molecule has 34 heavy (non-hydrogen) atoms. The Balaban J connectivity index is 1.56. The summed E-state index contributed by atoms with van der Waals surface area (Å²) in [4.78, 5) is 23.7. The normalized spacial score (nSPS) is 25.7. The molecular weight excluding hydrogens is 426 g/mol. The third-order valence-electron chi connectivity index (χ3n) is 7.01. The van der Waals surface area contributed by atoms with Crippen LogP contribution in [0.1, 0.15) is 28.8 Å². The fourth-order valence-corrected chi connectivity index (χ4v) is 5.49. The summed E-state index contributed by atoms with van der Waals surface area (Å²) in [7, 11) is 5.61. The number of oxime groups is 1. The second-order valence-corrected chi connectivity index (χ2v) is 8.87. The van der Waals surface area contributed by atoms with Crippen LogP contribution in [-0.4, -0.2) is 55.0 Å². The van der Waals surface area contributed by atoms with Crippen LogP contribution in [0.4, 0.5) is 0 Å². The Kier molecular flexibility index (Phi) is 6.18. The number of methoxy groups -OCH3 is 1. The molecule has 0 spiro atoms. The quantitative estimate of drug-likeness (QED) is 0.538. The van der Waals surface area contributed by atoms with Gasteiger partial charge >= 0.3 is 5.97 Å². The number of hydrogen-bond donors (Lipinski definition) is 0. The average molecular weight is 456 g/mol. The third kappa shape index (κ3) is 3.79. The van der Waals surface area contributed by atoms with Gasteiger partial charge in [0.1, 0.15) is 17.8 Å². The predicted molar refractivity (Wildman–Crippen MR) is 131 cm³/mol. The van der Waals surface area contributed by atoms with E-state index < -0.39 is 12.0 Å². The van der Waals surface area contributed by atoms with Gasteiger partial charge in [-0.3, -0.25) is 14.6 Å². The second-order valence-electron chi connectivity index (χ2n) is 8.87. The summed E-state index contributed by atoms with van der Waals surface area (Å²) in [5.41, 5.74) is 3.90. The van der Waals surface area contributed by atoms with Gasteiger partial charge in [-0.25, -0.2) is 0 Å². The molecule has 6 nitrogen and oxygen atoms in total. The highest BCUT2D eigenvalue weighted by Gasteiger charge is 2.55. The number of nitrogens with zero attached hydrogens (tertiary/aromatic N) is 3. The lowest BCUT2D eigenvalue weighted by molar-refractivity contribution is -0.149. The molecule has 5 rings (SSSR count). The number of hydrogen-bond acceptors (Lipinski definition) is 6. The van der Waals surface area contributed by atoms with Crippen LogP contribution in [0.25, 0.3) is 0 Å². The maximum absolute atomic E-state index is 13.1. The zero-order valence-electron chi connectivity index (χ0n) is 19.6. The van der Waals surface area contributed by atoms with Crippen LogP contribution >= 0.6 is 0 Å². The number of benzene rings is 3. The van der Waals surface area contributed by atoms with Gasteiger partial charge < -0.3 is 9.57 Å². The number of rotatable bonds is 5. The first kappa shape index (κ1) is 22.3. The number of carbonyl (C=O) groups excluding carboxylic acids is 1. The van der Waals surface area contributed by atoms with Gasteiger partial charge in [-0.05, 0) is 25.2 Å². The minimum atomic E-state index is -0.631. The fraction of sp³-hybridized carbons (Fsp3) is 0.286. The molecule has 6 heteroatoms. The van der Waals surface area contributed by atoms with Crippen molar-refractivity contribution in [1.82, 2.24) is 9.80 Å². The zero-order valence-corrected chi connectivity index (χ0v) is 19.6. The van der Waals surface area contributed by atoms with E-state index in [0.717, 1.165) is 5.56 Å². The maximum atomic E-state index is 13.1. The molecule has 0 bridgehead atoms. The number of likely N-dealkylation sites (N-methyl/N-ethyl adjacent to an activating group) is 2. The van der Waals surface area contributed by atoms with Gasteiger partial charge in [-0.2, -0.15) is 0 Å². The fourth-order valence-electron chi connectivity index (χ4n) is 5.49. The van der Waals surface area contributed by atoms with Crippen molar-refractivity contribution in [2.75, 3.05) is 21.2 Å². The van der Waals surface area contributed by atoms with Gasteiger partial charge in [-0.1, -0.05) is 96.2 Å². The molecule has 2 aliphatic heterocycles. The SMILES string of the molecule is COC(=O)[C@@H]1C(c2ccccc2)=NO[C@H]1C1N(C)[C@@H](c2ccccc2)[C@H](c2ccccc2)N1C. The Morgan fingerprint density at radius 3 is 1.74 bits per heavy atom. The molecule has 0 N–H and O–H groups in total. The minimum Gasteiger partial charge on any atom is -0.468 e. The summed E-state index contributed by atoms with van der Waals surface area (Å²) in [5.74, 6) is -0.973. The second kappa shape index (κ2) is 9.41. The monoisotopic (exact) mass is 455 g/mol. The summed E-state index contributed by atoms with van der Waals surface area (Å²) in [6.45, 7) is 0. The van der Waals surface area contributed by atoms with Crippen LogP contribution in [0, 0.1) is 5.92 Å². The highest BCUT2D eigenvalue weighted by molar-refractivity contribution is 6.12. The molecule has 4 atom stereocenters. The van der Waals surface area contributed by atoms with E-state index in [1.165, 1.54) is 18.2 Å². The summed E-state index contributed by atoms with van der Waals surface area (Å²) < 4.78 is 5.23. The van der Waals surface area contributed by atoms with Crippen molar-refractivity contribution in [2.45, 2.75) is 24.4 Å². The van der Waals surface area contributed by atoms with Crippen molar-refractivity contribution >= 4 is 11.7 Å². The zero-order chi connectivity index (χ0) is 23.7. The van der Waals surface area contributed by atoms with E-state index in [4.69, 9.17) is 9.57 Å². The van der Waals surface area contributed by atoms with Crippen molar-refractivity contribution in [3.8, 4) is 0 Å². The Bertz CT molecular complexity index is 1100. The van der Waals surface area contributed by atoms with E-state index in [1.807, 2.05) is 42.5 Å². The van der Waals surface area contributed by atoms with Crippen molar-refractivity contribution in [1.29, 1.82) is 0 Å². The predicted octanol–water partition coefficient (Wildman–Crippen LogP) is 4.26. The lowest BCUT2D eigenvalue weighted by atomic mass is 9.90. The molecule has 3 aromatic carbocycles. The van der Waals surface area contributed by atoms with Gasteiger partial charge in [-0.15, -0.1) is 0 Å². The Morgan fingerprint density at radius 2 is 1.26 bits per heavy atom.